The van der Waals surface area contributed by atoms with E-state index in [2.05, 4.69) is 23.6 Å². The second kappa shape index (κ2) is 8.94. The molecule has 0 aromatic carbocycles. The highest BCUT2D eigenvalue weighted by atomic mass is 35.5. The van der Waals surface area contributed by atoms with E-state index in [1.165, 1.54) is 13.3 Å². The molecular weight excluding hydrogens is 540 g/mol. The summed E-state index contributed by atoms with van der Waals surface area (Å²) in [5.74, 6) is 0. The predicted molar refractivity (Wildman–Crippen MR) is 108 cm³/mol. The van der Waals surface area contributed by atoms with Crippen LogP contribution in [0.25, 0.3) is 11.2 Å². The monoisotopic (exact) mass is 556 g/mol. The van der Waals surface area contributed by atoms with Crippen LogP contribution in [0.15, 0.2) is 6.33 Å². The fourth-order valence-corrected chi connectivity index (χ4v) is 6.90. The fraction of sp³-hybridized carbons (Fsp3) is 0.583. The van der Waals surface area contributed by atoms with Crippen LogP contribution >= 0.6 is 46.7 Å². The van der Waals surface area contributed by atoms with E-state index in [9.17, 15) is 28.6 Å². The third-order valence-corrected chi connectivity index (χ3v) is 8.94. The highest BCUT2D eigenvalue weighted by Gasteiger charge is 2.47. The van der Waals surface area contributed by atoms with Gasteiger partial charge in [0.05, 0.1) is 19.0 Å². The molecule has 20 heteroatoms. The van der Waals surface area contributed by atoms with Crippen molar-refractivity contribution in [2.24, 2.45) is 5.41 Å². The minimum Gasteiger partial charge on any atom is -0.392 e. The zero-order valence-electron chi connectivity index (χ0n) is 15.9. The highest BCUT2D eigenvalue weighted by Crippen LogP contribution is 2.66. The minimum atomic E-state index is -5.64. The maximum atomic E-state index is 12.0. The Morgan fingerprint density at radius 1 is 1.16 bits per heavy atom. The Labute approximate surface area is 189 Å². The van der Waals surface area contributed by atoms with Gasteiger partial charge in [0.15, 0.2) is 10.8 Å². The van der Waals surface area contributed by atoms with Crippen molar-refractivity contribution in [2.45, 2.75) is 31.9 Å². The van der Waals surface area contributed by atoms with Crippen molar-refractivity contribution in [1.82, 2.24) is 19.5 Å². The van der Waals surface area contributed by atoms with Crippen molar-refractivity contribution in [1.29, 1.82) is 0 Å². The molecular formula is C12H17Cl2N4O11P3. The number of phosphoric ester groups is 1. The largest absolute Gasteiger partial charge is 0.490 e. The molecule has 32 heavy (non-hydrogen) atoms. The SMILES string of the molecule is C[C@]1(COP(=O)(O)OP(=O)(O)OP(=O)(O)O)C[C@@H](n2cnc3c(Cl)nc(Cl)nc32)C[C@@H]1O. The van der Waals surface area contributed by atoms with E-state index >= 15 is 0 Å². The number of rotatable bonds is 8. The van der Waals surface area contributed by atoms with Crippen molar-refractivity contribution < 1.29 is 51.5 Å². The van der Waals surface area contributed by atoms with E-state index in [1.54, 1.807) is 4.57 Å². The molecule has 2 unspecified atom stereocenters. The summed E-state index contributed by atoms with van der Waals surface area (Å²) in [6, 6.07) is -0.411. The maximum absolute atomic E-state index is 12.0. The molecule has 5 atom stereocenters. The van der Waals surface area contributed by atoms with Gasteiger partial charge in [-0.25, -0.2) is 23.7 Å². The number of phosphoric acid groups is 3. The van der Waals surface area contributed by atoms with Crippen molar-refractivity contribution in [3.8, 4) is 0 Å². The average Bonchev–Trinajstić information content (AvgIpc) is 3.12. The van der Waals surface area contributed by atoms with Crippen LogP contribution in [0.3, 0.4) is 0 Å². The zero-order chi connectivity index (χ0) is 24.1. The lowest BCUT2D eigenvalue weighted by Gasteiger charge is -2.28. The number of halogens is 2. The maximum Gasteiger partial charge on any atom is 0.490 e. The van der Waals surface area contributed by atoms with Crippen LogP contribution in [-0.2, 0) is 26.8 Å². The molecule has 0 bridgehead atoms. The number of hydrogen-bond donors (Lipinski definition) is 5. The molecule has 2 heterocycles. The van der Waals surface area contributed by atoms with Gasteiger partial charge in [-0.3, -0.25) is 4.52 Å². The molecule has 3 rings (SSSR count). The Kier molecular flexibility index (Phi) is 7.29. The molecule has 2 aromatic rings. The number of hydrogen-bond acceptors (Lipinski definition) is 10. The Bertz CT molecular complexity index is 1170. The van der Waals surface area contributed by atoms with Crippen molar-refractivity contribution in [2.75, 3.05) is 6.61 Å². The zero-order valence-corrected chi connectivity index (χ0v) is 20.1. The third kappa shape index (κ3) is 6.13. The number of aromatic nitrogens is 4. The summed E-state index contributed by atoms with van der Waals surface area (Å²) in [7, 11) is -16.5. The van der Waals surface area contributed by atoms with Crippen LogP contribution < -0.4 is 0 Å². The quantitative estimate of drug-likeness (QED) is 0.178. The summed E-state index contributed by atoms with van der Waals surface area (Å²) >= 11 is 11.8. The molecule has 5 N–H and O–H groups in total. The lowest BCUT2D eigenvalue weighted by Crippen LogP contribution is -2.31. The summed E-state index contributed by atoms with van der Waals surface area (Å²) in [6.45, 7) is 0.897. The number of aliphatic hydroxyl groups excluding tert-OH is 1. The molecule has 0 saturated heterocycles. The molecule has 1 aliphatic carbocycles. The minimum absolute atomic E-state index is 0.0349. The van der Waals surface area contributed by atoms with Crippen LogP contribution in [0.1, 0.15) is 25.8 Å². The van der Waals surface area contributed by atoms with Gasteiger partial charge in [0.25, 0.3) is 0 Å². The Morgan fingerprint density at radius 3 is 2.44 bits per heavy atom. The molecule has 1 fully saturated rings. The molecule has 180 valence electrons. The molecule has 0 spiro atoms. The Hall–Kier alpha value is -0.500. The predicted octanol–water partition coefficient (Wildman–Crippen LogP) is 2.18. The van der Waals surface area contributed by atoms with Gasteiger partial charge in [-0.05, 0) is 24.4 Å². The first kappa shape index (κ1) is 26.1. The second-order valence-corrected chi connectivity index (χ2v) is 12.4. The van der Waals surface area contributed by atoms with Gasteiger partial charge in [-0.15, -0.1) is 0 Å². The van der Waals surface area contributed by atoms with Gasteiger partial charge < -0.3 is 29.2 Å². The molecule has 0 amide bonds. The number of imidazole rings is 1. The molecule has 2 aromatic heterocycles. The Morgan fingerprint density at radius 2 is 1.81 bits per heavy atom. The van der Waals surface area contributed by atoms with Crippen LogP contribution in [0.2, 0.25) is 10.4 Å². The average molecular weight is 557 g/mol. The standard InChI is InChI=1S/C12H17Cl2N4O11P3/c1-12(4-27-31(23,24)29-32(25,26)28-30(20,21)22)3-6(2-7(12)19)18-5-15-8-9(13)16-11(14)17-10(8)18/h5-7,19H,2-4H2,1H3,(H,23,24)(H,25,26)(H2,20,21,22)/t6-,7-,12+/m0/s1. The third-order valence-electron chi connectivity index (χ3n) is 4.72. The van der Waals surface area contributed by atoms with E-state index in [4.69, 9.17) is 37.5 Å². The molecule has 0 aliphatic heterocycles. The van der Waals surface area contributed by atoms with E-state index in [-0.39, 0.29) is 28.8 Å². The highest BCUT2D eigenvalue weighted by molar-refractivity contribution is 7.66. The van der Waals surface area contributed by atoms with E-state index in [1.807, 2.05) is 0 Å². The smallest absolute Gasteiger partial charge is 0.392 e. The first-order chi connectivity index (χ1) is 14.5. The van der Waals surface area contributed by atoms with Crippen LogP contribution in [-0.4, -0.2) is 56.9 Å². The lowest BCUT2D eigenvalue weighted by molar-refractivity contribution is 0.0188. The summed E-state index contributed by atoms with van der Waals surface area (Å²) < 4.78 is 47.8. The van der Waals surface area contributed by atoms with Gasteiger partial charge >= 0.3 is 23.5 Å². The topological polar surface area (TPSA) is 224 Å². The number of aliphatic hydroxyl groups is 1. The molecule has 1 aliphatic rings. The molecule has 1 saturated carbocycles. The van der Waals surface area contributed by atoms with E-state index < -0.39 is 47.6 Å². The van der Waals surface area contributed by atoms with Crippen LogP contribution in [0.4, 0.5) is 0 Å². The summed E-state index contributed by atoms with van der Waals surface area (Å²) in [5, 5.41) is 10.5. The van der Waals surface area contributed by atoms with E-state index in [0.717, 1.165) is 0 Å². The van der Waals surface area contributed by atoms with Crippen LogP contribution in [0, 0.1) is 5.41 Å². The lowest BCUT2D eigenvalue weighted by atomic mass is 9.87. The first-order valence-corrected chi connectivity index (χ1v) is 13.8. The summed E-state index contributed by atoms with van der Waals surface area (Å²) in [5.41, 5.74) is -0.551. The molecule has 15 nitrogen and oxygen atoms in total. The summed E-state index contributed by atoms with van der Waals surface area (Å²) in [6.07, 6.45) is 0.688. The second-order valence-electron chi connectivity index (χ2n) is 7.24. The fourth-order valence-electron chi connectivity index (χ4n) is 3.32. The van der Waals surface area contributed by atoms with Gasteiger partial charge in [0.1, 0.15) is 5.52 Å². The van der Waals surface area contributed by atoms with Crippen molar-refractivity contribution in [3.63, 3.8) is 0 Å². The van der Waals surface area contributed by atoms with Crippen LogP contribution in [0.5, 0.6) is 0 Å². The first-order valence-electron chi connectivity index (χ1n) is 8.52. The van der Waals surface area contributed by atoms with Gasteiger partial charge in [0, 0.05) is 11.5 Å². The van der Waals surface area contributed by atoms with Gasteiger partial charge in [-0.2, -0.15) is 13.6 Å². The number of fused-ring (bicyclic) bond motifs is 1. The Balaban J connectivity index is 1.73. The number of nitrogens with zero attached hydrogens (tertiary/aromatic N) is 4. The molecule has 0 radical (unpaired) electrons. The normalized spacial score (nSPS) is 28.0. The van der Waals surface area contributed by atoms with Crippen molar-refractivity contribution >= 4 is 57.8 Å². The van der Waals surface area contributed by atoms with E-state index in [0.29, 0.717) is 5.65 Å². The van der Waals surface area contributed by atoms with Gasteiger partial charge in [-0.1, -0.05) is 18.5 Å². The van der Waals surface area contributed by atoms with Gasteiger partial charge in [0.2, 0.25) is 5.28 Å². The van der Waals surface area contributed by atoms with Crippen molar-refractivity contribution in [3.05, 3.63) is 16.8 Å². The summed E-state index contributed by atoms with van der Waals surface area (Å²) in [4.78, 5) is 48.0.